The summed E-state index contributed by atoms with van der Waals surface area (Å²) in [5, 5.41) is 14.3. The number of fused-ring (bicyclic) bond motifs is 2. The number of aryl methyl sites for hydroxylation is 1. The van der Waals surface area contributed by atoms with Gasteiger partial charge in [-0.05, 0) is 49.4 Å². The molecule has 1 spiro atoms. The van der Waals surface area contributed by atoms with Crippen LogP contribution in [0.4, 0.5) is 11.4 Å². The maximum atomic E-state index is 12.5. The van der Waals surface area contributed by atoms with Crippen LogP contribution in [-0.2, 0) is 9.79 Å². The topological polar surface area (TPSA) is 48.3 Å². The number of ketones is 1. The Kier molecular flexibility index (Phi) is 4.67. The lowest BCUT2D eigenvalue weighted by atomic mass is 9.97. The van der Waals surface area contributed by atoms with Gasteiger partial charge in [-0.1, -0.05) is 60.7 Å². The summed E-state index contributed by atoms with van der Waals surface area (Å²) in [5.74, 6) is -0.0581. The third kappa shape index (κ3) is 2.98. The molecule has 0 bridgehead atoms. The first-order valence-electron chi connectivity index (χ1n) is 10.2. The van der Waals surface area contributed by atoms with Crippen LogP contribution in [0.3, 0.4) is 0 Å². The van der Waals surface area contributed by atoms with E-state index in [4.69, 9.17) is 10.2 Å². The van der Waals surface area contributed by atoms with E-state index in [1.165, 1.54) is 11.8 Å². The number of para-hydroxylation sites is 2. The Morgan fingerprint density at radius 2 is 1.52 bits per heavy atom. The highest BCUT2D eigenvalue weighted by Gasteiger charge is 2.55. The highest BCUT2D eigenvalue weighted by molar-refractivity contribution is 8.17. The molecule has 0 radical (unpaired) electrons. The van der Waals surface area contributed by atoms with Crippen LogP contribution in [0, 0.1) is 6.92 Å². The zero-order valence-corrected chi connectivity index (χ0v) is 18.4. The van der Waals surface area contributed by atoms with Gasteiger partial charge < -0.3 is 0 Å². The molecule has 154 valence electrons. The van der Waals surface area contributed by atoms with Crippen molar-refractivity contribution in [1.29, 1.82) is 0 Å². The Hall–Kier alpha value is -3.38. The van der Waals surface area contributed by atoms with E-state index in [0.29, 0.717) is 5.04 Å². The molecule has 2 heterocycles. The van der Waals surface area contributed by atoms with Crippen LogP contribution in [0.15, 0.2) is 89.1 Å². The van der Waals surface area contributed by atoms with Crippen molar-refractivity contribution in [3.63, 3.8) is 0 Å². The minimum absolute atomic E-state index is 0.0581. The number of hydrazone groups is 2. The number of benzene rings is 3. The van der Waals surface area contributed by atoms with Crippen molar-refractivity contribution >= 4 is 39.7 Å². The van der Waals surface area contributed by atoms with E-state index in [2.05, 4.69) is 25.1 Å². The van der Waals surface area contributed by atoms with E-state index in [1.54, 1.807) is 6.92 Å². The van der Waals surface area contributed by atoms with Crippen LogP contribution in [0.5, 0.6) is 0 Å². The molecule has 2 aliphatic heterocycles. The maximum Gasteiger partial charge on any atom is 0.234 e. The molecule has 0 saturated carbocycles. The summed E-state index contributed by atoms with van der Waals surface area (Å²) in [6.07, 6.45) is 0. The van der Waals surface area contributed by atoms with Gasteiger partial charge in [-0.15, -0.1) is 0 Å². The van der Waals surface area contributed by atoms with Crippen LogP contribution < -0.4 is 10.0 Å². The van der Waals surface area contributed by atoms with Gasteiger partial charge in [0.15, 0.2) is 10.8 Å². The fourth-order valence-electron chi connectivity index (χ4n) is 4.09. The van der Waals surface area contributed by atoms with Crippen molar-refractivity contribution < 1.29 is 4.79 Å². The molecule has 3 aromatic rings. The number of anilines is 2. The van der Waals surface area contributed by atoms with Crippen LogP contribution in [0.1, 0.15) is 30.5 Å². The second-order valence-electron chi connectivity index (χ2n) is 7.65. The van der Waals surface area contributed by atoms with Gasteiger partial charge in [0.25, 0.3) is 0 Å². The Balaban J connectivity index is 1.84. The maximum absolute atomic E-state index is 12.5. The number of carbonyl (C=O) groups excluding carboxylic acids is 1. The summed E-state index contributed by atoms with van der Waals surface area (Å²) in [7, 11) is 0. The molecule has 0 aromatic heterocycles. The van der Waals surface area contributed by atoms with Crippen molar-refractivity contribution in [2.75, 3.05) is 10.0 Å². The second kappa shape index (κ2) is 7.39. The first kappa shape index (κ1) is 19.6. The lowest BCUT2D eigenvalue weighted by Gasteiger charge is -2.47. The quantitative estimate of drug-likeness (QED) is 0.554. The van der Waals surface area contributed by atoms with Gasteiger partial charge in [0, 0.05) is 18.1 Å². The smallest absolute Gasteiger partial charge is 0.234 e. The largest absolute Gasteiger partial charge is 0.292 e. The second-order valence-corrected chi connectivity index (χ2v) is 8.81. The van der Waals surface area contributed by atoms with Crippen LogP contribution in [0.2, 0.25) is 0 Å². The van der Waals surface area contributed by atoms with Crippen molar-refractivity contribution in [1.82, 2.24) is 0 Å². The Morgan fingerprint density at radius 1 is 0.839 bits per heavy atom. The van der Waals surface area contributed by atoms with E-state index >= 15 is 0 Å². The lowest BCUT2D eigenvalue weighted by Crippen LogP contribution is -2.53. The minimum atomic E-state index is -0.857. The zero-order valence-electron chi connectivity index (χ0n) is 17.6. The summed E-state index contributed by atoms with van der Waals surface area (Å²) in [6, 6.07) is 26.4. The van der Waals surface area contributed by atoms with Crippen molar-refractivity contribution in [2.24, 2.45) is 10.2 Å². The molecule has 0 saturated heterocycles. The predicted molar refractivity (Wildman–Crippen MR) is 129 cm³/mol. The van der Waals surface area contributed by atoms with Gasteiger partial charge in [-0.2, -0.15) is 10.2 Å². The molecule has 6 heteroatoms. The molecule has 3 aromatic carbocycles. The molecule has 0 unspecified atom stereocenters. The summed E-state index contributed by atoms with van der Waals surface area (Å²) in [5.41, 5.74) is 5.99. The SMILES string of the molecule is CC(=O)C1=NN(c2ccccc2C)[C@]2(S1)c1ccccc1C(C)=NN2c1ccccc1. The predicted octanol–water partition coefficient (Wildman–Crippen LogP) is 5.51. The number of rotatable bonds is 3. The molecule has 5 nitrogen and oxygen atoms in total. The van der Waals surface area contributed by atoms with Gasteiger partial charge >= 0.3 is 0 Å². The Bertz CT molecular complexity index is 1240. The first-order valence-corrected chi connectivity index (χ1v) is 11.0. The van der Waals surface area contributed by atoms with E-state index < -0.39 is 4.99 Å². The van der Waals surface area contributed by atoms with Gasteiger partial charge in [0.05, 0.1) is 17.1 Å². The number of Topliss-reactive ketones (excluding diaryl/α,β-unsaturated/α-hetero) is 1. The molecule has 5 rings (SSSR count). The Morgan fingerprint density at radius 3 is 2.26 bits per heavy atom. The summed E-state index contributed by atoms with van der Waals surface area (Å²) < 4.78 is 0. The minimum Gasteiger partial charge on any atom is -0.292 e. The summed E-state index contributed by atoms with van der Waals surface area (Å²) in [6.45, 7) is 5.65. The average molecular weight is 427 g/mol. The van der Waals surface area contributed by atoms with E-state index in [0.717, 1.165) is 33.8 Å². The highest BCUT2D eigenvalue weighted by atomic mass is 32.2. The molecule has 0 N–H and O–H groups in total. The van der Waals surface area contributed by atoms with Gasteiger partial charge in [0.2, 0.25) is 4.99 Å². The van der Waals surface area contributed by atoms with Crippen molar-refractivity contribution in [2.45, 2.75) is 25.8 Å². The molecule has 1 atom stereocenters. The van der Waals surface area contributed by atoms with Gasteiger partial charge in [-0.3, -0.25) is 4.79 Å². The average Bonchev–Trinajstić information content (AvgIpc) is 3.19. The third-order valence-corrected chi connectivity index (χ3v) is 6.98. The fraction of sp³-hybridized carbons (Fsp3) is 0.160. The molecular weight excluding hydrogens is 404 g/mol. The molecule has 31 heavy (non-hydrogen) atoms. The van der Waals surface area contributed by atoms with Crippen LogP contribution in [-0.4, -0.2) is 16.5 Å². The number of carbonyl (C=O) groups is 1. The molecular formula is C25H22N4OS. The third-order valence-electron chi connectivity index (χ3n) is 5.57. The Labute approximate surface area is 186 Å². The number of nitrogens with zero attached hydrogens (tertiary/aromatic N) is 4. The number of hydrogen-bond donors (Lipinski definition) is 0. The normalized spacial score (nSPS) is 19.8. The summed E-state index contributed by atoms with van der Waals surface area (Å²) >= 11 is 1.45. The van der Waals surface area contributed by atoms with Gasteiger partial charge in [-0.25, -0.2) is 10.0 Å². The van der Waals surface area contributed by atoms with Crippen molar-refractivity contribution in [3.8, 4) is 0 Å². The summed E-state index contributed by atoms with van der Waals surface area (Å²) in [4.78, 5) is 11.7. The van der Waals surface area contributed by atoms with E-state index in [-0.39, 0.29) is 5.78 Å². The number of thioether (sulfide) groups is 1. The highest BCUT2D eigenvalue weighted by Crippen LogP contribution is 2.54. The van der Waals surface area contributed by atoms with E-state index in [1.807, 2.05) is 77.6 Å². The number of hydrogen-bond acceptors (Lipinski definition) is 6. The monoisotopic (exact) mass is 426 g/mol. The van der Waals surface area contributed by atoms with Crippen LogP contribution >= 0.6 is 11.8 Å². The van der Waals surface area contributed by atoms with Gasteiger partial charge in [0.1, 0.15) is 0 Å². The molecule has 0 amide bonds. The molecule has 2 aliphatic rings. The van der Waals surface area contributed by atoms with Crippen LogP contribution in [0.25, 0.3) is 0 Å². The molecule has 0 fully saturated rings. The standard InChI is InChI=1S/C25H22N4OS/c1-17-11-7-10-16-23(17)29-25(31-24(27-29)19(3)30)22-15-9-8-14-21(22)18(2)26-28(25)20-12-5-4-6-13-20/h4-16H,1-3H3/t25-/m0/s1. The fourth-order valence-corrected chi connectivity index (χ4v) is 5.37. The van der Waals surface area contributed by atoms with Crippen molar-refractivity contribution in [3.05, 3.63) is 95.6 Å². The zero-order chi connectivity index (χ0) is 21.6. The van der Waals surface area contributed by atoms with E-state index in [9.17, 15) is 4.79 Å². The first-order chi connectivity index (χ1) is 15.0. The lowest BCUT2D eigenvalue weighted by molar-refractivity contribution is -0.110. The molecule has 0 aliphatic carbocycles.